The van der Waals surface area contributed by atoms with Crippen molar-refractivity contribution in [1.82, 2.24) is 4.98 Å². The summed E-state index contributed by atoms with van der Waals surface area (Å²) in [6, 6.07) is 0. The van der Waals surface area contributed by atoms with E-state index in [9.17, 15) is 4.79 Å². The van der Waals surface area contributed by atoms with E-state index < -0.39 is 0 Å². The zero-order valence-corrected chi connectivity index (χ0v) is 11.6. The third-order valence-corrected chi connectivity index (χ3v) is 3.89. The van der Waals surface area contributed by atoms with Crippen LogP contribution in [0.5, 0.6) is 0 Å². The monoisotopic (exact) mass is 258 g/mol. The maximum Gasteiger partial charge on any atom is 0.228 e. The Balaban J connectivity index is 2.34. The topological polar surface area (TPSA) is 55.1 Å². The molecule has 0 saturated carbocycles. The van der Waals surface area contributed by atoms with Crippen LogP contribution >= 0.6 is 0 Å². The van der Waals surface area contributed by atoms with E-state index in [0.717, 1.165) is 53.8 Å². The van der Waals surface area contributed by atoms with Crippen LogP contribution < -0.4 is 5.32 Å². The minimum absolute atomic E-state index is 0.0430. The van der Waals surface area contributed by atoms with Crippen molar-refractivity contribution in [2.45, 2.75) is 46.5 Å². The fourth-order valence-corrected chi connectivity index (χ4v) is 2.85. The number of nitrogens with one attached hydrogen (secondary N) is 1. The lowest BCUT2D eigenvalue weighted by Gasteiger charge is -2.19. The number of carbonyl (C=O) groups excluding carboxylic acids is 1. The van der Waals surface area contributed by atoms with E-state index in [1.165, 1.54) is 5.56 Å². The Morgan fingerprint density at radius 3 is 2.74 bits per heavy atom. The van der Waals surface area contributed by atoms with Crippen LogP contribution in [0.3, 0.4) is 0 Å². The predicted octanol–water partition coefficient (Wildman–Crippen LogP) is 3.28. The minimum Gasteiger partial charge on any atom is -0.443 e. The van der Waals surface area contributed by atoms with Gasteiger partial charge in [0.1, 0.15) is 5.76 Å². The Labute approximate surface area is 112 Å². The number of fused-ring (bicyclic) bond motifs is 2. The summed E-state index contributed by atoms with van der Waals surface area (Å²) in [6.07, 6.45) is 4.26. The Morgan fingerprint density at radius 1 is 1.26 bits per heavy atom. The predicted molar refractivity (Wildman–Crippen MR) is 74.4 cm³/mol. The number of aromatic nitrogens is 1. The number of nitrogens with zero attached hydrogens (tertiary/aromatic N) is 1. The Kier molecular flexibility index (Phi) is 2.81. The van der Waals surface area contributed by atoms with Crippen molar-refractivity contribution in [3.63, 3.8) is 0 Å². The van der Waals surface area contributed by atoms with Gasteiger partial charge >= 0.3 is 0 Å². The van der Waals surface area contributed by atoms with E-state index in [-0.39, 0.29) is 5.91 Å². The number of anilines is 1. The van der Waals surface area contributed by atoms with Gasteiger partial charge in [-0.2, -0.15) is 0 Å². The van der Waals surface area contributed by atoms with Gasteiger partial charge in [0.05, 0.1) is 11.1 Å². The molecule has 1 aliphatic carbocycles. The highest BCUT2D eigenvalue weighted by atomic mass is 16.3. The van der Waals surface area contributed by atoms with Crippen molar-refractivity contribution in [3.8, 4) is 0 Å². The van der Waals surface area contributed by atoms with E-state index in [2.05, 4.69) is 10.3 Å². The first-order valence-electron chi connectivity index (χ1n) is 6.77. The highest BCUT2D eigenvalue weighted by Crippen LogP contribution is 2.37. The van der Waals surface area contributed by atoms with Gasteiger partial charge in [0.15, 0.2) is 0 Å². The van der Waals surface area contributed by atoms with Crippen LogP contribution in [0.4, 0.5) is 5.69 Å². The lowest BCUT2D eigenvalue weighted by Crippen LogP contribution is -2.14. The normalized spacial score (nSPS) is 14.5. The van der Waals surface area contributed by atoms with Crippen molar-refractivity contribution >= 4 is 22.7 Å². The molecule has 0 unspecified atom stereocenters. The van der Waals surface area contributed by atoms with Crippen LogP contribution in [0, 0.1) is 13.8 Å². The van der Waals surface area contributed by atoms with Crippen LogP contribution in [0.15, 0.2) is 4.42 Å². The Hall–Kier alpha value is -1.84. The number of furan rings is 1. The van der Waals surface area contributed by atoms with Gasteiger partial charge in [0, 0.05) is 18.2 Å². The van der Waals surface area contributed by atoms with Gasteiger partial charge in [-0.3, -0.25) is 4.79 Å². The van der Waals surface area contributed by atoms with Crippen LogP contribution in [0.2, 0.25) is 0 Å². The number of amides is 1. The van der Waals surface area contributed by atoms with Crippen LogP contribution in [-0.2, 0) is 17.6 Å². The minimum atomic E-state index is -0.0430. The molecule has 1 amide bonds. The summed E-state index contributed by atoms with van der Waals surface area (Å²) in [5.74, 6) is 0.829. The highest BCUT2D eigenvalue weighted by Gasteiger charge is 2.22. The first-order valence-corrected chi connectivity index (χ1v) is 6.77. The summed E-state index contributed by atoms with van der Waals surface area (Å²) in [4.78, 5) is 16.1. The number of hydrogen-bond acceptors (Lipinski definition) is 3. The molecule has 2 aromatic heterocycles. The van der Waals surface area contributed by atoms with Gasteiger partial charge in [-0.25, -0.2) is 4.98 Å². The van der Waals surface area contributed by atoms with Gasteiger partial charge in [0.2, 0.25) is 11.6 Å². The van der Waals surface area contributed by atoms with Crippen molar-refractivity contribution in [3.05, 3.63) is 22.6 Å². The smallest absolute Gasteiger partial charge is 0.228 e. The summed E-state index contributed by atoms with van der Waals surface area (Å²) in [5, 5.41) is 3.96. The average molecular weight is 258 g/mol. The zero-order chi connectivity index (χ0) is 13.6. The molecule has 1 aliphatic rings. The summed E-state index contributed by atoms with van der Waals surface area (Å²) >= 11 is 0. The van der Waals surface area contributed by atoms with E-state index in [4.69, 9.17) is 4.42 Å². The van der Waals surface area contributed by atoms with Gasteiger partial charge in [0.25, 0.3) is 0 Å². The molecule has 100 valence electrons. The standard InChI is InChI=1S/C15H18N2O2/c1-8-9(2)19-15-13(8)14(16-10(3)18)11-6-4-5-7-12(11)17-15/h4-7H2,1-3H3,(H,16,17,18). The molecule has 2 heterocycles. The molecule has 0 radical (unpaired) electrons. The summed E-state index contributed by atoms with van der Waals surface area (Å²) in [5.41, 5.74) is 4.91. The van der Waals surface area contributed by atoms with Gasteiger partial charge in [-0.1, -0.05) is 0 Å². The Morgan fingerprint density at radius 2 is 2.00 bits per heavy atom. The van der Waals surface area contributed by atoms with Gasteiger partial charge < -0.3 is 9.73 Å². The number of hydrogen-bond donors (Lipinski definition) is 1. The fraction of sp³-hybridized carbons (Fsp3) is 0.467. The second-order valence-corrected chi connectivity index (χ2v) is 5.26. The molecule has 2 aromatic rings. The molecule has 0 spiro atoms. The van der Waals surface area contributed by atoms with E-state index >= 15 is 0 Å². The lowest BCUT2D eigenvalue weighted by molar-refractivity contribution is -0.114. The maximum atomic E-state index is 11.5. The summed E-state index contributed by atoms with van der Waals surface area (Å²) < 4.78 is 5.72. The van der Waals surface area contributed by atoms with Crippen LogP contribution in [0.25, 0.3) is 11.1 Å². The summed E-state index contributed by atoms with van der Waals surface area (Å²) in [6.45, 7) is 5.50. The van der Waals surface area contributed by atoms with Crippen molar-refractivity contribution in [2.75, 3.05) is 5.32 Å². The third kappa shape index (κ3) is 1.91. The largest absolute Gasteiger partial charge is 0.443 e. The molecular weight excluding hydrogens is 240 g/mol. The average Bonchev–Trinajstić information content (AvgIpc) is 2.64. The first-order chi connectivity index (χ1) is 9.08. The molecule has 0 fully saturated rings. The van der Waals surface area contributed by atoms with Gasteiger partial charge in [-0.15, -0.1) is 0 Å². The summed E-state index contributed by atoms with van der Waals surface area (Å²) in [7, 11) is 0. The second-order valence-electron chi connectivity index (χ2n) is 5.26. The van der Waals surface area contributed by atoms with Crippen molar-refractivity contribution < 1.29 is 9.21 Å². The second kappa shape index (κ2) is 4.37. The molecule has 0 aromatic carbocycles. The van der Waals surface area contributed by atoms with Crippen LogP contribution in [0.1, 0.15) is 42.3 Å². The SMILES string of the molecule is CC(=O)Nc1c2c(nc3oc(C)c(C)c13)CCCC2. The Bertz CT molecular complexity index is 671. The quantitative estimate of drug-likeness (QED) is 0.854. The zero-order valence-electron chi connectivity index (χ0n) is 11.6. The van der Waals surface area contributed by atoms with Crippen molar-refractivity contribution in [1.29, 1.82) is 0 Å². The molecule has 0 aliphatic heterocycles. The molecule has 0 bridgehead atoms. The molecular formula is C15H18N2O2. The maximum absolute atomic E-state index is 11.5. The molecule has 0 atom stereocenters. The molecule has 19 heavy (non-hydrogen) atoms. The third-order valence-electron chi connectivity index (χ3n) is 3.89. The van der Waals surface area contributed by atoms with E-state index in [1.54, 1.807) is 6.92 Å². The first kappa shape index (κ1) is 12.2. The number of carbonyl (C=O) groups is 1. The van der Waals surface area contributed by atoms with Gasteiger partial charge in [-0.05, 0) is 45.1 Å². The number of aryl methyl sites for hydroxylation is 3. The van der Waals surface area contributed by atoms with Crippen molar-refractivity contribution in [2.24, 2.45) is 0 Å². The number of pyridine rings is 1. The molecule has 4 heteroatoms. The molecule has 3 rings (SSSR count). The molecule has 1 N–H and O–H groups in total. The fourth-order valence-electron chi connectivity index (χ4n) is 2.85. The molecule has 4 nitrogen and oxygen atoms in total. The van der Waals surface area contributed by atoms with E-state index in [1.807, 2.05) is 13.8 Å². The lowest BCUT2D eigenvalue weighted by atomic mass is 9.93. The van der Waals surface area contributed by atoms with Crippen LogP contribution in [-0.4, -0.2) is 10.9 Å². The molecule has 0 saturated heterocycles. The number of rotatable bonds is 1. The highest BCUT2D eigenvalue weighted by molar-refractivity contribution is 6.02. The van der Waals surface area contributed by atoms with E-state index in [0.29, 0.717) is 5.71 Å².